The van der Waals surface area contributed by atoms with Crippen LogP contribution in [0.25, 0.3) is 0 Å². The summed E-state index contributed by atoms with van der Waals surface area (Å²) in [5.41, 5.74) is 0. The first-order valence-corrected chi connectivity index (χ1v) is 6.10. The van der Waals surface area contributed by atoms with Gasteiger partial charge in [0.1, 0.15) is 5.82 Å². The van der Waals surface area contributed by atoms with Gasteiger partial charge in [-0.3, -0.25) is 0 Å². The number of nitrogens with zero attached hydrogens (tertiary/aromatic N) is 4. The van der Waals surface area contributed by atoms with Crippen molar-refractivity contribution in [2.75, 3.05) is 44.4 Å². The van der Waals surface area contributed by atoms with Crippen LogP contribution in [0.2, 0.25) is 0 Å². The van der Waals surface area contributed by atoms with Crippen molar-refractivity contribution in [3.8, 4) is 0 Å². The van der Waals surface area contributed by atoms with E-state index in [0.29, 0.717) is 6.04 Å². The van der Waals surface area contributed by atoms with Gasteiger partial charge < -0.3 is 15.1 Å². The second-order valence-electron chi connectivity index (χ2n) is 4.88. The lowest BCUT2D eigenvalue weighted by molar-refractivity contribution is 0.261. The van der Waals surface area contributed by atoms with E-state index >= 15 is 0 Å². The van der Waals surface area contributed by atoms with Crippen LogP contribution in [-0.4, -0.2) is 55.1 Å². The lowest BCUT2D eigenvalue weighted by Crippen LogP contribution is -2.39. The third-order valence-electron chi connectivity index (χ3n) is 3.02. The first-order chi connectivity index (χ1) is 8.15. The molecule has 0 spiro atoms. The molecule has 2 heterocycles. The highest BCUT2D eigenvalue weighted by Gasteiger charge is 2.17. The average molecular weight is 235 g/mol. The number of likely N-dealkylation sites (tertiary alicyclic amines) is 1. The Morgan fingerprint density at radius 3 is 3.00 bits per heavy atom. The zero-order chi connectivity index (χ0) is 12.3. The fourth-order valence-corrected chi connectivity index (χ4v) is 2.14. The first kappa shape index (κ1) is 12.1. The topological polar surface area (TPSA) is 44.3 Å². The summed E-state index contributed by atoms with van der Waals surface area (Å²) >= 11 is 0. The molecule has 1 atom stereocenters. The van der Waals surface area contributed by atoms with E-state index in [2.05, 4.69) is 27.2 Å². The van der Waals surface area contributed by atoms with Crippen molar-refractivity contribution in [2.45, 2.75) is 18.9 Å². The van der Waals surface area contributed by atoms with Crippen molar-refractivity contribution < 1.29 is 0 Å². The van der Waals surface area contributed by atoms with Crippen LogP contribution in [0.3, 0.4) is 0 Å². The van der Waals surface area contributed by atoms with Crippen molar-refractivity contribution in [3.05, 3.63) is 12.3 Å². The van der Waals surface area contributed by atoms with Gasteiger partial charge in [0.25, 0.3) is 0 Å². The van der Waals surface area contributed by atoms with Crippen LogP contribution in [-0.2, 0) is 0 Å². The van der Waals surface area contributed by atoms with E-state index < -0.39 is 0 Å². The lowest BCUT2D eigenvalue weighted by Gasteiger charge is -2.30. The van der Waals surface area contributed by atoms with E-state index in [1.54, 1.807) is 6.20 Å². The van der Waals surface area contributed by atoms with Gasteiger partial charge in [0.15, 0.2) is 0 Å². The van der Waals surface area contributed by atoms with Gasteiger partial charge in [-0.15, -0.1) is 0 Å². The summed E-state index contributed by atoms with van der Waals surface area (Å²) in [5.74, 6) is 1.67. The molecule has 0 radical (unpaired) electrons. The normalized spacial score (nSPS) is 21.2. The van der Waals surface area contributed by atoms with Gasteiger partial charge in [0.05, 0.1) is 0 Å². The quantitative estimate of drug-likeness (QED) is 0.848. The Balaban J connectivity index is 2.00. The number of anilines is 2. The van der Waals surface area contributed by atoms with Crippen LogP contribution >= 0.6 is 0 Å². The molecule has 1 aromatic heterocycles. The number of piperidine rings is 1. The summed E-state index contributed by atoms with van der Waals surface area (Å²) in [6.45, 7) is 2.28. The van der Waals surface area contributed by atoms with Gasteiger partial charge in [-0.25, -0.2) is 4.98 Å². The fraction of sp³-hybridized carbons (Fsp3) is 0.667. The van der Waals surface area contributed by atoms with Crippen molar-refractivity contribution in [2.24, 2.45) is 0 Å². The van der Waals surface area contributed by atoms with E-state index in [1.807, 2.05) is 25.1 Å². The summed E-state index contributed by atoms with van der Waals surface area (Å²) in [6.07, 6.45) is 4.27. The van der Waals surface area contributed by atoms with Crippen LogP contribution in [0, 0.1) is 0 Å². The molecule has 2 rings (SSSR count). The predicted octanol–water partition coefficient (Wildman–Crippen LogP) is 1.05. The molecule has 0 amide bonds. The predicted molar refractivity (Wildman–Crippen MR) is 70.5 cm³/mol. The minimum absolute atomic E-state index is 0.499. The Morgan fingerprint density at radius 1 is 1.47 bits per heavy atom. The maximum Gasteiger partial charge on any atom is 0.226 e. The van der Waals surface area contributed by atoms with Gasteiger partial charge in [0.2, 0.25) is 5.95 Å². The molecule has 0 bridgehead atoms. The molecule has 1 saturated heterocycles. The van der Waals surface area contributed by atoms with Crippen molar-refractivity contribution in [3.63, 3.8) is 0 Å². The molecule has 0 saturated carbocycles. The van der Waals surface area contributed by atoms with Gasteiger partial charge in [0, 0.05) is 32.9 Å². The number of rotatable bonds is 3. The maximum atomic E-state index is 4.48. The average Bonchev–Trinajstić information content (AvgIpc) is 2.29. The van der Waals surface area contributed by atoms with E-state index in [1.165, 1.54) is 19.4 Å². The largest absolute Gasteiger partial charge is 0.366 e. The van der Waals surface area contributed by atoms with E-state index in [4.69, 9.17) is 0 Å². The number of likely N-dealkylation sites (N-methyl/N-ethyl adjacent to an activating group) is 1. The number of nitrogens with one attached hydrogen (secondary N) is 1. The second kappa shape index (κ2) is 5.31. The van der Waals surface area contributed by atoms with Crippen LogP contribution in [0.1, 0.15) is 12.8 Å². The van der Waals surface area contributed by atoms with E-state index in [9.17, 15) is 0 Å². The standard InChI is InChI=1S/C12H21N5/c1-16(2)12-13-7-6-11(15-12)14-10-5-4-8-17(3)9-10/h6-7,10H,4-5,8-9H2,1-3H3,(H,13,14,15). The molecule has 94 valence electrons. The van der Waals surface area contributed by atoms with Gasteiger partial charge in [-0.1, -0.05) is 0 Å². The Bertz CT molecular complexity index is 366. The van der Waals surface area contributed by atoms with Crippen molar-refractivity contribution in [1.82, 2.24) is 14.9 Å². The highest BCUT2D eigenvalue weighted by molar-refractivity contribution is 5.41. The van der Waals surface area contributed by atoms with Crippen LogP contribution in [0.15, 0.2) is 12.3 Å². The Hall–Kier alpha value is -1.36. The maximum absolute atomic E-state index is 4.48. The zero-order valence-electron chi connectivity index (χ0n) is 10.8. The van der Waals surface area contributed by atoms with E-state index in [0.717, 1.165) is 18.3 Å². The number of hydrogen-bond donors (Lipinski definition) is 1. The van der Waals surface area contributed by atoms with Crippen molar-refractivity contribution in [1.29, 1.82) is 0 Å². The van der Waals surface area contributed by atoms with Gasteiger partial charge >= 0.3 is 0 Å². The molecule has 5 nitrogen and oxygen atoms in total. The summed E-state index contributed by atoms with van der Waals surface area (Å²) in [5, 5.41) is 3.49. The third kappa shape index (κ3) is 3.30. The third-order valence-corrected chi connectivity index (χ3v) is 3.02. The molecule has 17 heavy (non-hydrogen) atoms. The Labute approximate surface area is 103 Å². The fourth-order valence-electron chi connectivity index (χ4n) is 2.14. The zero-order valence-corrected chi connectivity index (χ0v) is 10.8. The summed E-state index contributed by atoms with van der Waals surface area (Å²) in [7, 11) is 6.07. The number of hydrogen-bond acceptors (Lipinski definition) is 5. The van der Waals surface area contributed by atoms with Crippen molar-refractivity contribution >= 4 is 11.8 Å². The van der Waals surface area contributed by atoms with Crippen LogP contribution < -0.4 is 10.2 Å². The molecule has 1 N–H and O–H groups in total. The first-order valence-electron chi connectivity index (χ1n) is 6.10. The minimum Gasteiger partial charge on any atom is -0.366 e. The summed E-state index contributed by atoms with van der Waals surface area (Å²) < 4.78 is 0. The monoisotopic (exact) mass is 235 g/mol. The molecule has 1 aliphatic heterocycles. The highest BCUT2D eigenvalue weighted by atomic mass is 15.2. The second-order valence-corrected chi connectivity index (χ2v) is 4.88. The smallest absolute Gasteiger partial charge is 0.226 e. The summed E-state index contributed by atoms with van der Waals surface area (Å²) in [4.78, 5) is 13.0. The van der Waals surface area contributed by atoms with Gasteiger partial charge in [-0.2, -0.15) is 4.98 Å². The lowest BCUT2D eigenvalue weighted by atomic mass is 10.1. The molecule has 1 aliphatic rings. The molecule has 1 aromatic rings. The van der Waals surface area contributed by atoms with Crippen LogP contribution in [0.4, 0.5) is 11.8 Å². The molecule has 5 heteroatoms. The molecule has 0 aromatic carbocycles. The number of aromatic nitrogens is 2. The molecular formula is C12H21N5. The Kier molecular flexibility index (Phi) is 3.78. The Morgan fingerprint density at radius 2 is 2.29 bits per heavy atom. The summed E-state index contributed by atoms with van der Waals surface area (Å²) in [6, 6.07) is 2.43. The van der Waals surface area contributed by atoms with Gasteiger partial charge in [-0.05, 0) is 32.5 Å². The SMILES string of the molecule is CN1CCCC(Nc2ccnc(N(C)C)n2)C1. The molecular weight excluding hydrogens is 214 g/mol. The minimum atomic E-state index is 0.499. The molecule has 0 aliphatic carbocycles. The molecule has 1 fully saturated rings. The molecule has 1 unspecified atom stereocenters. The van der Waals surface area contributed by atoms with Crippen LogP contribution in [0.5, 0.6) is 0 Å². The highest BCUT2D eigenvalue weighted by Crippen LogP contribution is 2.14. The van der Waals surface area contributed by atoms with E-state index in [-0.39, 0.29) is 0 Å².